The molecule has 0 amide bonds. The van der Waals surface area contributed by atoms with Gasteiger partial charge in [-0.3, -0.25) is 0 Å². The molecule has 0 aromatic heterocycles. The van der Waals surface area contributed by atoms with E-state index in [1.165, 1.54) is 12.0 Å². The van der Waals surface area contributed by atoms with Gasteiger partial charge in [-0.15, -0.1) is 0 Å². The first-order valence-electron chi connectivity index (χ1n) is 6.09. The summed E-state index contributed by atoms with van der Waals surface area (Å²) in [6.07, 6.45) is 3.31. The monoisotopic (exact) mass is 238 g/mol. The lowest BCUT2D eigenvalue weighted by Gasteiger charge is -2.13. The fourth-order valence-electron chi connectivity index (χ4n) is 1.67. The van der Waals surface area contributed by atoms with Crippen LogP contribution in [0.2, 0.25) is 0 Å². The van der Waals surface area contributed by atoms with Gasteiger partial charge in [-0.05, 0) is 42.6 Å². The van der Waals surface area contributed by atoms with E-state index in [0.717, 1.165) is 31.0 Å². The molecule has 0 aliphatic heterocycles. The van der Waals surface area contributed by atoms with E-state index in [0.29, 0.717) is 5.92 Å². The third-order valence-corrected chi connectivity index (χ3v) is 3.10. The van der Waals surface area contributed by atoms with E-state index >= 15 is 0 Å². The average Bonchev–Trinajstić information content (AvgIpc) is 2.30. The predicted molar refractivity (Wildman–Crippen MR) is 73.6 cm³/mol. The van der Waals surface area contributed by atoms with Crippen LogP contribution in [0.4, 0.5) is 0 Å². The van der Waals surface area contributed by atoms with E-state index in [1.54, 1.807) is 0 Å². The summed E-state index contributed by atoms with van der Waals surface area (Å²) in [7, 11) is 0. The maximum atomic E-state index is 5.82. The molecule has 0 aliphatic rings. The van der Waals surface area contributed by atoms with Gasteiger partial charge in [0.05, 0.1) is 6.61 Å². The Balaban J connectivity index is 2.36. The molecule has 1 aromatic carbocycles. The van der Waals surface area contributed by atoms with Crippen molar-refractivity contribution in [3.63, 3.8) is 0 Å². The van der Waals surface area contributed by atoms with Gasteiger partial charge in [0, 0.05) is 0 Å². The summed E-state index contributed by atoms with van der Waals surface area (Å²) in [5.74, 6) is 2.71. The zero-order chi connectivity index (χ0) is 11.8. The number of benzene rings is 1. The van der Waals surface area contributed by atoms with Gasteiger partial charge in [-0.25, -0.2) is 0 Å². The van der Waals surface area contributed by atoms with Crippen molar-refractivity contribution in [2.24, 2.45) is 5.92 Å². The fraction of sp³-hybridized carbons (Fsp3) is 0.571. The summed E-state index contributed by atoms with van der Waals surface area (Å²) in [6, 6.07) is 8.29. The summed E-state index contributed by atoms with van der Waals surface area (Å²) in [5.41, 5.74) is 1.30. The first kappa shape index (κ1) is 13.4. The first-order valence-corrected chi connectivity index (χ1v) is 6.72. The van der Waals surface area contributed by atoms with Crippen molar-refractivity contribution < 1.29 is 4.74 Å². The van der Waals surface area contributed by atoms with Crippen LogP contribution in [0.3, 0.4) is 0 Å². The van der Waals surface area contributed by atoms with Crippen LogP contribution in [0.25, 0.3) is 0 Å². The number of hydrogen-bond donors (Lipinski definition) is 1. The molecule has 1 aromatic rings. The molecule has 0 heterocycles. The Kier molecular flexibility index (Phi) is 6.39. The zero-order valence-electron chi connectivity index (χ0n) is 10.3. The zero-order valence-corrected chi connectivity index (χ0v) is 11.2. The molecule has 1 atom stereocenters. The molecule has 2 heteroatoms. The minimum Gasteiger partial charge on any atom is -0.493 e. The molecule has 0 saturated heterocycles. The molecular weight excluding hydrogens is 216 g/mol. The highest BCUT2D eigenvalue weighted by atomic mass is 32.1. The molecule has 0 radical (unpaired) electrons. The summed E-state index contributed by atoms with van der Waals surface area (Å²) >= 11 is 4.24. The summed E-state index contributed by atoms with van der Waals surface area (Å²) in [5, 5.41) is 0. The Morgan fingerprint density at radius 1 is 1.25 bits per heavy atom. The van der Waals surface area contributed by atoms with Gasteiger partial charge in [-0.2, -0.15) is 12.6 Å². The lowest BCUT2D eigenvalue weighted by Crippen LogP contribution is -2.05. The third kappa shape index (κ3) is 4.48. The maximum absolute atomic E-state index is 5.82. The van der Waals surface area contributed by atoms with Crippen LogP contribution in [-0.4, -0.2) is 12.4 Å². The Hall–Kier alpha value is -0.630. The number of rotatable bonds is 7. The molecule has 0 fully saturated rings. The van der Waals surface area contributed by atoms with E-state index in [1.807, 2.05) is 6.07 Å². The molecule has 1 rings (SSSR count). The minimum atomic E-state index is 0.700. The van der Waals surface area contributed by atoms with Crippen molar-refractivity contribution in [3.05, 3.63) is 29.8 Å². The van der Waals surface area contributed by atoms with Crippen molar-refractivity contribution in [3.8, 4) is 5.75 Å². The molecule has 0 spiro atoms. The van der Waals surface area contributed by atoms with E-state index in [4.69, 9.17) is 4.74 Å². The van der Waals surface area contributed by atoms with Crippen molar-refractivity contribution >= 4 is 12.6 Å². The Labute approximate surface area is 105 Å². The van der Waals surface area contributed by atoms with E-state index in [9.17, 15) is 0 Å². The molecule has 90 valence electrons. The standard InChI is InChI=1S/C14H22OS/c1-3-13-6-4-5-7-14(13)15-10-8-12(2)9-11-16/h4-7,12,16H,3,8-11H2,1-2H3. The molecule has 0 N–H and O–H groups in total. The lowest BCUT2D eigenvalue weighted by molar-refractivity contribution is 0.280. The topological polar surface area (TPSA) is 9.23 Å². The quantitative estimate of drug-likeness (QED) is 0.707. The fourth-order valence-corrected chi connectivity index (χ4v) is 2.11. The predicted octanol–water partition coefficient (Wildman–Crippen LogP) is 3.97. The molecule has 0 bridgehead atoms. The van der Waals surface area contributed by atoms with E-state index in [-0.39, 0.29) is 0 Å². The van der Waals surface area contributed by atoms with Crippen LogP contribution >= 0.6 is 12.6 Å². The minimum absolute atomic E-state index is 0.700. The number of aryl methyl sites for hydroxylation is 1. The highest BCUT2D eigenvalue weighted by Gasteiger charge is 2.03. The Morgan fingerprint density at radius 3 is 2.69 bits per heavy atom. The molecule has 1 unspecified atom stereocenters. The summed E-state index contributed by atoms with van der Waals surface area (Å²) in [4.78, 5) is 0. The van der Waals surface area contributed by atoms with E-state index in [2.05, 4.69) is 44.7 Å². The van der Waals surface area contributed by atoms with Gasteiger partial charge in [0.25, 0.3) is 0 Å². The summed E-state index contributed by atoms with van der Waals surface area (Å²) < 4.78 is 5.82. The summed E-state index contributed by atoms with van der Waals surface area (Å²) in [6.45, 7) is 5.23. The second-order valence-corrected chi connectivity index (χ2v) is 4.66. The molecule has 0 aliphatic carbocycles. The Bertz CT molecular complexity index is 299. The van der Waals surface area contributed by atoms with Crippen LogP contribution in [0.5, 0.6) is 5.75 Å². The smallest absolute Gasteiger partial charge is 0.122 e. The van der Waals surface area contributed by atoms with Crippen LogP contribution in [-0.2, 0) is 6.42 Å². The van der Waals surface area contributed by atoms with Crippen molar-refractivity contribution in [1.29, 1.82) is 0 Å². The van der Waals surface area contributed by atoms with Crippen LogP contribution in [0, 0.1) is 5.92 Å². The van der Waals surface area contributed by atoms with Crippen LogP contribution in [0.15, 0.2) is 24.3 Å². The van der Waals surface area contributed by atoms with Crippen LogP contribution in [0.1, 0.15) is 32.3 Å². The molecule has 16 heavy (non-hydrogen) atoms. The van der Waals surface area contributed by atoms with Crippen molar-refractivity contribution in [2.75, 3.05) is 12.4 Å². The molecular formula is C14H22OS. The number of para-hydroxylation sites is 1. The van der Waals surface area contributed by atoms with Crippen molar-refractivity contribution in [2.45, 2.75) is 33.1 Å². The highest BCUT2D eigenvalue weighted by Crippen LogP contribution is 2.19. The van der Waals surface area contributed by atoms with Gasteiger partial charge in [0.2, 0.25) is 0 Å². The van der Waals surface area contributed by atoms with Gasteiger partial charge in [0.1, 0.15) is 5.75 Å². The van der Waals surface area contributed by atoms with Gasteiger partial charge >= 0.3 is 0 Å². The number of thiol groups is 1. The number of hydrogen-bond acceptors (Lipinski definition) is 2. The second kappa shape index (κ2) is 7.61. The number of ether oxygens (including phenoxy) is 1. The van der Waals surface area contributed by atoms with E-state index < -0.39 is 0 Å². The maximum Gasteiger partial charge on any atom is 0.122 e. The molecule has 0 saturated carbocycles. The van der Waals surface area contributed by atoms with Gasteiger partial charge < -0.3 is 4.74 Å². The average molecular weight is 238 g/mol. The van der Waals surface area contributed by atoms with Crippen molar-refractivity contribution in [1.82, 2.24) is 0 Å². The molecule has 1 nitrogen and oxygen atoms in total. The first-order chi connectivity index (χ1) is 7.77. The highest BCUT2D eigenvalue weighted by molar-refractivity contribution is 7.80. The second-order valence-electron chi connectivity index (χ2n) is 4.22. The SMILES string of the molecule is CCc1ccccc1OCCC(C)CCS. The Morgan fingerprint density at radius 2 is 2.00 bits per heavy atom. The lowest BCUT2D eigenvalue weighted by atomic mass is 10.1. The normalized spacial score (nSPS) is 12.4. The van der Waals surface area contributed by atoms with Crippen LogP contribution < -0.4 is 4.74 Å². The van der Waals surface area contributed by atoms with Gasteiger partial charge in [-0.1, -0.05) is 32.0 Å². The van der Waals surface area contributed by atoms with Gasteiger partial charge in [0.15, 0.2) is 0 Å². The largest absolute Gasteiger partial charge is 0.493 e. The third-order valence-electron chi connectivity index (χ3n) is 2.84.